The van der Waals surface area contributed by atoms with E-state index >= 15 is 0 Å². The normalized spacial score (nSPS) is 59.0. The van der Waals surface area contributed by atoms with E-state index < -0.39 is 5.41 Å². The molecule has 0 heterocycles. The molecule has 10 bridgehead atoms. The molecule has 0 aromatic rings. The van der Waals surface area contributed by atoms with Crippen molar-refractivity contribution in [1.82, 2.24) is 0 Å². The van der Waals surface area contributed by atoms with Crippen LogP contribution in [0.3, 0.4) is 0 Å². The van der Waals surface area contributed by atoms with Crippen LogP contribution in [0.4, 0.5) is 0 Å². The Morgan fingerprint density at radius 2 is 1.15 bits per heavy atom. The topological polar surface area (TPSA) is 44.8 Å². The summed E-state index contributed by atoms with van der Waals surface area (Å²) in [4.78, 5) is 13.3. The van der Waals surface area contributed by atoms with E-state index in [1.165, 1.54) is 77.0 Å². The van der Waals surface area contributed by atoms with Crippen molar-refractivity contribution in [2.45, 2.75) is 107 Å². The van der Waals surface area contributed by atoms with Crippen LogP contribution in [0.15, 0.2) is 12.2 Å². The SMILES string of the molecule is COC(=O)C12C=CC(C1)C(OC13CC4CC(CC(C4)C1)C3)C2OC12CC3CC(CC(C3)C1)C2. The molecule has 0 radical (unpaired) electrons. The van der Waals surface area contributed by atoms with Crippen molar-refractivity contribution in [3.05, 3.63) is 12.2 Å². The molecule has 10 aliphatic rings. The highest BCUT2D eigenvalue weighted by Gasteiger charge is 2.66. The second kappa shape index (κ2) is 6.66. The van der Waals surface area contributed by atoms with Crippen LogP contribution in [0.25, 0.3) is 0 Å². The highest BCUT2D eigenvalue weighted by atomic mass is 16.6. The van der Waals surface area contributed by atoms with Crippen molar-refractivity contribution in [3.63, 3.8) is 0 Å². The van der Waals surface area contributed by atoms with Gasteiger partial charge in [0.15, 0.2) is 0 Å². The molecular weight excluding hydrogens is 412 g/mol. The van der Waals surface area contributed by atoms with E-state index in [0.717, 1.165) is 41.9 Å². The standard InChI is InChI=1S/C29H40O4/c1-31-26(30)29-3-2-23(16-29)24(32-27-10-17-4-18(11-27)6-19(5-17)12-27)25(29)33-28-13-20-7-21(14-28)9-22(8-20)15-28/h2-3,17-25H,4-16H2,1H3. The summed E-state index contributed by atoms with van der Waals surface area (Å²) >= 11 is 0. The number of hydrogen-bond donors (Lipinski definition) is 0. The number of hydrogen-bond acceptors (Lipinski definition) is 4. The Morgan fingerprint density at radius 3 is 1.61 bits per heavy atom. The summed E-state index contributed by atoms with van der Waals surface area (Å²) < 4.78 is 20.1. The van der Waals surface area contributed by atoms with Crippen LogP contribution in [-0.4, -0.2) is 36.5 Å². The first-order chi connectivity index (χ1) is 16.0. The van der Waals surface area contributed by atoms with Gasteiger partial charge in [-0.25, -0.2) is 0 Å². The van der Waals surface area contributed by atoms with Gasteiger partial charge in [0.1, 0.15) is 11.5 Å². The molecule has 0 aromatic carbocycles. The molecule has 4 unspecified atom stereocenters. The van der Waals surface area contributed by atoms with Gasteiger partial charge >= 0.3 is 5.97 Å². The predicted octanol–water partition coefficient (Wildman–Crippen LogP) is 5.44. The van der Waals surface area contributed by atoms with Gasteiger partial charge in [0.05, 0.1) is 24.4 Å². The van der Waals surface area contributed by atoms with E-state index in [9.17, 15) is 4.79 Å². The maximum Gasteiger partial charge on any atom is 0.318 e. The lowest BCUT2D eigenvalue weighted by atomic mass is 9.54. The van der Waals surface area contributed by atoms with Crippen LogP contribution < -0.4 is 0 Å². The van der Waals surface area contributed by atoms with Crippen LogP contribution in [-0.2, 0) is 19.0 Å². The van der Waals surface area contributed by atoms with Gasteiger partial charge < -0.3 is 14.2 Å². The van der Waals surface area contributed by atoms with E-state index in [0.29, 0.717) is 0 Å². The third kappa shape index (κ3) is 2.86. The zero-order valence-electron chi connectivity index (χ0n) is 20.2. The van der Waals surface area contributed by atoms with Crippen molar-refractivity contribution < 1.29 is 19.0 Å². The van der Waals surface area contributed by atoms with Gasteiger partial charge in [-0.3, -0.25) is 4.79 Å². The third-order valence-electron chi connectivity index (χ3n) is 11.7. The molecule has 4 heteroatoms. The van der Waals surface area contributed by atoms with Gasteiger partial charge in [-0.1, -0.05) is 12.2 Å². The Morgan fingerprint density at radius 1 is 0.697 bits per heavy atom. The zero-order valence-corrected chi connectivity index (χ0v) is 20.2. The minimum Gasteiger partial charge on any atom is -0.468 e. The summed E-state index contributed by atoms with van der Waals surface area (Å²) in [6.45, 7) is 0. The summed E-state index contributed by atoms with van der Waals surface area (Å²) in [6.07, 6.45) is 20.9. The number of carbonyl (C=O) groups is 1. The van der Waals surface area contributed by atoms with Gasteiger partial charge in [0.2, 0.25) is 0 Å². The second-order valence-electron chi connectivity index (χ2n) is 14.1. The summed E-state index contributed by atoms with van der Waals surface area (Å²) in [6, 6.07) is 0. The number of ether oxygens (including phenoxy) is 3. The predicted molar refractivity (Wildman–Crippen MR) is 123 cm³/mol. The largest absolute Gasteiger partial charge is 0.468 e. The number of esters is 1. The molecule has 0 aliphatic heterocycles. The maximum atomic E-state index is 13.3. The highest BCUT2D eigenvalue weighted by molar-refractivity contribution is 5.82. The summed E-state index contributed by atoms with van der Waals surface area (Å²) in [7, 11) is 1.55. The number of rotatable bonds is 5. The fourth-order valence-electron chi connectivity index (χ4n) is 11.5. The fraction of sp³-hybridized carbons (Fsp3) is 0.897. The Hall–Kier alpha value is -0.870. The molecule has 0 spiro atoms. The summed E-state index contributed by atoms with van der Waals surface area (Å²) in [5, 5.41) is 0. The average molecular weight is 453 g/mol. The zero-order chi connectivity index (χ0) is 22.0. The van der Waals surface area contributed by atoms with E-state index in [4.69, 9.17) is 14.2 Å². The number of fused-ring (bicyclic) bond motifs is 2. The van der Waals surface area contributed by atoms with Crippen molar-refractivity contribution in [1.29, 1.82) is 0 Å². The maximum absolute atomic E-state index is 13.3. The molecule has 4 atom stereocenters. The Kier molecular flexibility index (Phi) is 4.11. The first-order valence-corrected chi connectivity index (χ1v) is 14.1. The van der Waals surface area contributed by atoms with Gasteiger partial charge in [-0.2, -0.15) is 0 Å². The molecule has 10 aliphatic carbocycles. The lowest BCUT2D eigenvalue weighted by Crippen LogP contribution is -2.60. The molecule has 33 heavy (non-hydrogen) atoms. The van der Waals surface area contributed by atoms with Crippen LogP contribution in [0.2, 0.25) is 0 Å². The highest BCUT2D eigenvalue weighted by Crippen LogP contribution is 2.63. The molecule has 0 amide bonds. The molecule has 0 saturated heterocycles. The quantitative estimate of drug-likeness (QED) is 0.411. The molecule has 0 N–H and O–H groups in total. The number of carbonyl (C=O) groups excluding carboxylic acids is 1. The van der Waals surface area contributed by atoms with E-state index in [1.807, 2.05) is 0 Å². The first-order valence-electron chi connectivity index (χ1n) is 14.1. The molecule has 180 valence electrons. The van der Waals surface area contributed by atoms with Crippen LogP contribution >= 0.6 is 0 Å². The minimum atomic E-state index is -0.643. The van der Waals surface area contributed by atoms with Crippen molar-refractivity contribution in [3.8, 4) is 0 Å². The summed E-state index contributed by atoms with van der Waals surface area (Å²) in [5.74, 6) is 5.28. The van der Waals surface area contributed by atoms with Gasteiger partial charge in [-0.05, 0) is 119 Å². The molecule has 4 nitrogen and oxygen atoms in total. The lowest BCUT2D eigenvalue weighted by molar-refractivity contribution is -0.258. The molecule has 9 saturated carbocycles. The van der Waals surface area contributed by atoms with E-state index in [1.54, 1.807) is 7.11 Å². The van der Waals surface area contributed by atoms with Crippen LogP contribution in [0.1, 0.15) is 83.5 Å². The minimum absolute atomic E-state index is 0.0124. The summed E-state index contributed by atoms with van der Waals surface area (Å²) in [5.41, 5.74) is -0.629. The Bertz CT molecular complexity index is 819. The smallest absolute Gasteiger partial charge is 0.318 e. The molecule has 10 rings (SSSR count). The Balaban J connectivity index is 1.13. The van der Waals surface area contributed by atoms with Crippen molar-refractivity contribution >= 4 is 5.97 Å². The monoisotopic (exact) mass is 452 g/mol. The van der Waals surface area contributed by atoms with Gasteiger partial charge in [0, 0.05) is 5.92 Å². The lowest BCUT2D eigenvalue weighted by Gasteiger charge is -2.59. The molecule has 9 fully saturated rings. The van der Waals surface area contributed by atoms with Crippen molar-refractivity contribution in [2.24, 2.45) is 46.8 Å². The van der Waals surface area contributed by atoms with Gasteiger partial charge in [0.25, 0.3) is 0 Å². The molecule has 0 aromatic heterocycles. The van der Waals surface area contributed by atoms with Crippen LogP contribution in [0, 0.1) is 46.8 Å². The second-order valence-corrected chi connectivity index (χ2v) is 14.1. The number of methoxy groups -OCH3 is 1. The van der Waals surface area contributed by atoms with E-state index in [-0.39, 0.29) is 35.3 Å². The molecular formula is C29H40O4. The van der Waals surface area contributed by atoms with Crippen LogP contribution in [0.5, 0.6) is 0 Å². The van der Waals surface area contributed by atoms with Gasteiger partial charge in [-0.15, -0.1) is 0 Å². The van der Waals surface area contributed by atoms with E-state index in [2.05, 4.69) is 12.2 Å². The first kappa shape index (κ1) is 20.3. The fourth-order valence-corrected chi connectivity index (χ4v) is 11.5. The third-order valence-corrected chi connectivity index (χ3v) is 11.7. The Labute approximate surface area is 198 Å². The van der Waals surface area contributed by atoms with Crippen molar-refractivity contribution in [2.75, 3.05) is 7.11 Å². The average Bonchev–Trinajstić information content (AvgIpc) is 3.30.